The summed E-state index contributed by atoms with van der Waals surface area (Å²) >= 11 is 1.20. The van der Waals surface area contributed by atoms with Crippen molar-refractivity contribution in [2.75, 3.05) is 38.1 Å². The Morgan fingerprint density at radius 1 is 1.03 bits per heavy atom. The van der Waals surface area contributed by atoms with Gasteiger partial charge in [0.2, 0.25) is 16.8 Å². The first-order valence-corrected chi connectivity index (χ1v) is 11.8. The lowest BCUT2D eigenvalue weighted by molar-refractivity contribution is -0.114. The minimum Gasteiger partial charge on any atom is -0.493 e. The molecule has 3 aromatic rings. The Labute approximate surface area is 217 Å². The summed E-state index contributed by atoms with van der Waals surface area (Å²) < 4.78 is 22.4. The van der Waals surface area contributed by atoms with Crippen LogP contribution < -0.4 is 29.6 Å². The van der Waals surface area contributed by atoms with Crippen LogP contribution in [0.4, 0.5) is 10.8 Å². The lowest BCUT2D eigenvalue weighted by Crippen LogP contribution is -2.13. The Kier molecular flexibility index (Phi) is 9.40. The molecular formula is C25H25N5O6S. The molecule has 12 heteroatoms. The third-order valence-corrected chi connectivity index (χ3v) is 5.43. The molecule has 0 spiro atoms. The highest BCUT2D eigenvalue weighted by molar-refractivity contribution is 7.15. The fourth-order valence-corrected chi connectivity index (χ4v) is 3.68. The zero-order valence-electron chi connectivity index (χ0n) is 20.7. The van der Waals surface area contributed by atoms with Gasteiger partial charge in [0.25, 0.3) is 5.91 Å². The number of carbonyl (C=O) groups excluding carboxylic acids is 2. The van der Waals surface area contributed by atoms with E-state index in [0.717, 1.165) is 0 Å². The van der Waals surface area contributed by atoms with Crippen molar-refractivity contribution >= 4 is 40.0 Å². The van der Waals surface area contributed by atoms with E-state index < -0.39 is 5.91 Å². The molecule has 0 saturated heterocycles. The molecule has 0 aliphatic carbocycles. The average Bonchev–Trinajstić information content (AvgIpc) is 3.29. The monoisotopic (exact) mass is 523 g/mol. The van der Waals surface area contributed by atoms with Crippen molar-refractivity contribution < 1.29 is 28.5 Å². The third kappa shape index (κ3) is 7.68. The van der Waals surface area contributed by atoms with Crippen molar-refractivity contribution in [2.24, 2.45) is 0 Å². The summed E-state index contributed by atoms with van der Waals surface area (Å²) in [5.41, 5.74) is 1.03. The van der Waals surface area contributed by atoms with Crippen LogP contribution in [0.5, 0.6) is 23.0 Å². The summed E-state index contributed by atoms with van der Waals surface area (Å²) in [6.45, 7) is 3.62. The topological polar surface area (TPSA) is 145 Å². The molecule has 0 unspecified atom stereocenters. The lowest BCUT2D eigenvalue weighted by atomic mass is 10.1. The molecule has 2 N–H and O–H groups in total. The molecule has 0 fully saturated rings. The number of nitrogens with one attached hydrogen (secondary N) is 2. The summed E-state index contributed by atoms with van der Waals surface area (Å²) in [7, 11) is 2.94. The van der Waals surface area contributed by atoms with E-state index in [0.29, 0.717) is 44.4 Å². The van der Waals surface area contributed by atoms with Crippen molar-refractivity contribution in [1.29, 1.82) is 5.26 Å². The number of nitriles is 1. The number of ether oxygens (including phenoxy) is 4. The zero-order valence-corrected chi connectivity index (χ0v) is 21.5. The molecule has 0 aliphatic rings. The van der Waals surface area contributed by atoms with Crippen molar-refractivity contribution in [3.8, 4) is 29.1 Å². The van der Waals surface area contributed by atoms with Gasteiger partial charge in [-0.25, -0.2) is 0 Å². The van der Waals surface area contributed by atoms with Gasteiger partial charge in [-0.3, -0.25) is 14.9 Å². The van der Waals surface area contributed by atoms with Gasteiger partial charge in [-0.15, -0.1) is 10.2 Å². The number of rotatable bonds is 11. The average molecular weight is 524 g/mol. The molecule has 0 bridgehead atoms. The van der Waals surface area contributed by atoms with Gasteiger partial charge in [-0.05, 0) is 55.0 Å². The number of amides is 2. The number of hydrogen-bond acceptors (Lipinski definition) is 10. The molecule has 2 aromatic carbocycles. The van der Waals surface area contributed by atoms with Gasteiger partial charge in [-0.2, -0.15) is 5.26 Å². The largest absolute Gasteiger partial charge is 0.493 e. The van der Waals surface area contributed by atoms with Crippen LogP contribution in [0, 0.1) is 18.3 Å². The smallest absolute Gasteiger partial charge is 0.268 e. The van der Waals surface area contributed by atoms with Crippen molar-refractivity contribution in [1.82, 2.24) is 10.2 Å². The summed E-state index contributed by atoms with van der Waals surface area (Å²) in [5.74, 6) is 0.897. The number of anilines is 2. The van der Waals surface area contributed by atoms with Crippen LogP contribution >= 0.6 is 11.3 Å². The maximum atomic E-state index is 12.5. The number of methoxy groups -OCH3 is 2. The maximum absolute atomic E-state index is 12.5. The molecule has 11 nitrogen and oxygen atoms in total. The van der Waals surface area contributed by atoms with Crippen LogP contribution in [0.25, 0.3) is 6.08 Å². The predicted octanol–water partition coefficient (Wildman–Crippen LogP) is 3.83. The molecule has 0 aliphatic heterocycles. The van der Waals surface area contributed by atoms with Gasteiger partial charge in [0.05, 0.1) is 14.2 Å². The van der Waals surface area contributed by atoms with Gasteiger partial charge in [0.15, 0.2) is 11.5 Å². The Bertz CT molecular complexity index is 1310. The number of nitrogens with zero attached hydrogens (tertiary/aromatic N) is 3. The van der Waals surface area contributed by atoms with E-state index in [9.17, 15) is 14.9 Å². The number of carbonyl (C=O) groups is 2. The Morgan fingerprint density at radius 3 is 2.22 bits per heavy atom. The molecule has 0 saturated carbocycles. The number of aromatic nitrogens is 2. The Hall–Kier alpha value is -4.63. The molecule has 0 radical (unpaired) electrons. The van der Waals surface area contributed by atoms with Crippen molar-refractivity contribution in [3.05, 3.63) is 52.5 Å². The quantitative estimate of drug-likeness (QED) is 0.218. The molecule has 1 aromatic heterocycles. The van der Waals surface area contributed by atoms with Crippen LogP contribution in [0.3, 0.4) is 0 Å². The first-order valence-electron chi connectivity index (χ1n) is 11.0. The first kappa shape index (κ1) is 27.0. The zero-order chi connectivity index (χ0) is 26.8. The van der Waals surface area contributed by atoms with Gasteiger partial charge in [0.1, 0.15) is 35.6 Å². The normalized spacial score (nSPS) is 10.7. The van der Waals surface area contributed by atoms with E-state index in [2.05, 4.69) is 20.8 Å². The second-order valence-corrected chi connectivity index (χ2v) is 8.59. The first-order chi connectivity index (χ1) is 17.8. The standard InChI is InChI=1S/C25H25N5O6S/c1-15(31)27-19-5-7-20(8-6-19)35-9-10-36-23-21(33-3)12-17(13-22(23)34-4)11-18(14-26)24(32)28-25-30-29-16(2)37-25/h5-8,11-13H,9-10H2,1-4H3,(H,27,31)(H,28,30,32)/b18-11-. The SMILES string of the molecule is COc1cc(/C=C(/C#N)C(=O)Nc2nnc(C)s2)cc(OC)c1OCCOc1ccc(NC(C)=O)cc1. The van der Waals surface area contributed by atoms with Gasteiger partial charge < -0.3 is 24.3 Å². The predicted molar refractivity (Wildman–Crippen MR) is 138 cm³/mol. The van der Waals surface area contributed by atoms with E-state index in [1.54, 1.807) is 43.3 Å². The molecule has 192 valence electrons. The lowest BCUT2D eigenvalue weighted by Gasteiger charge is -2.16. The van der Waals surface area contributed by atoms with Gasteiger partial charge in [-0.1, -0.05) is 11.3 Å². The van der Waals surface area contributed by atoms with Gasteiger partial charge >= 0.3 is 0 Å². The second kappa shape index (κ2) is 12.9. The third-order valence-electron chi connectivity index (χ3n) is 4.68. The van der Waals surface area contributed by atoms with Crippen LogP contribution in [-0.4, -0.2) is 49.4 Å². The van der Waals surface area contributed by atoms with Crippen LogP contribution in [0.1, 0.15) is 17.5 Å². The number of benzene rings is 2. The summed E-state index contributed by atoms with van der Waals surface area (Å²) in [6.07, 6.45) is 1.41. The van der Waals surface area contributed by atoms with Crippen LogP contribution in [0.15, 0.2) is 42.0 Å². The van der Waals surface area contributed by atoms with Crippen LogP contribution in [-0.2, 0) is 9.59 Å². The minimum atomic E-state index is -0.612. The Balaban J connectivity index is 1.67. The number of aryl methyl sites for hydroxylation is 1. The van der Waals surface area contributed by atoms with E-state index in [1.807, 2.05) is 6.07 Å². The minimum absolute atomic E-state index is 0.136. The van der Waals surface area contributed by atoms with E-state index in [-0.39, 0.29) is 24.7 Å². The fraction of sp³-hybridized carbons (Fsp3) is 0.240. The Morgan fingerprint density at radius 2 is 1.68 bits per heavy atom. The van der Waals surface area contributed by atoms with Crippen molar-refractivity contribution in [3.63, 3.8) is 0 Å². The van der Waals surface area contributed by atoms with E-state index in [4.69, 9.17) is 18.9 Å². The maximum Gasteiger partial charge on any atom is 0.268 e. The van der Waals surface area contributed by atoms with Crippen LogP contribution in [0.2, 0.25) is 0 Å². The summed E-state index contributed by atoms with van der Waals surface area (Å²) in [4.78, 5) is 23.6. The molecule has 1 heterocycles. The fourth-order valence-electron chi connectivity index (χ4n) is 3.09. The second-order valence-electron chi connectivity index (χ2n) is 7.41. The molecular weight excluding hydrogens is 498 g/mol. The highest BCUT2D eigenvalue weighted by atomic mass is 32.1. The molecule has 37 heavy (non-hydrogen) atoms. The van der Waals surface area contributed by atoms with E-state index in [1.165, 1.54) is 38.6 Å². The number of hydrogen-bond donors (Lipinski definition) is 2. The summed E-state index contributed by atoms with van der Waals surface area (Å²) in [6, 6.07) is 12.1. The van der Waals surface area contributed by atoms with Crippen molar-refractivity contribution in [2.45, 2.75) is 13.8 Å². The highest BCUT2D eigenvalue weighted by Crippen LogP contribution is 2.39. The summed E-state index contributed by atoms with van der Waals surface area (Å²) in [5, 5.41) is 23.4. The van der Waals surface area contributed by atoms with Gasteiger partial charge in [0, 0.05) is 12.6 Å². The highest BCUT2D eigenvalue weighted by Gasteiger charge is 2.17. The molecule has 0 atom stereocenters. The molecule has 3 rings (SSSR count). The molecule has 2 amide bonds. The van der Waals surface area contributed by atoms with E-state index >= 15 is 0 Å².